The maximum absolute atomic E-state index is 10.2. The highest BCUT2D eigenvalue weighted by molar-refractivity contribution is 5.53. The molecule has 0 bridgehead atoms. The molecule has 1 unspecified atom stereocenters. The van der Waals surface area contributed by atoms with Gasteiger partial charge in [0.2, 0.25) is 0 Å². The van der Waals surface area contributed by atoms with Gasteiger partial charge in [0.25, 0.3) is 0 Å². The first-order valence-electron chi connectivity index (χ1n) is 3.81. The summed E-state index contributed by atoms with van der Waals surface area (Å²) < 4.78 is 0. The highest BCUT2D eigenvalue weighted by Gasteiger charge is 1.94. The average Bonchev–Trinajstić information content (AvgIpc) is 1.99. The average molecular weight is 140 g/mol. The van der Waals surface area contributed by atoms with Crippen LogP contribution in [0.25, 0.3) is 0 Å². The lowest BCUT2D eigenvalue weighted by atomic mass is 10.1. The summed E-state index contributed by atoms with van der Waals surface area (Å²) in [5.41, 5.74) is 1.37. The Balaban J connectivity index is 3.60. The van der Waals surface area contributed by atoms with Crippen LogP contribution >= 0.6 is 0 Å². The van der Waals surface area contributed by atoms with Gasteiger partial charge >= 0.3 is 0 Å². The predicted molar refractivity (Wildman–Crippen MR) is 43.9 cm³/mol. The largest absolute Gasteiger partial charge is 0.303 e. The summed E-state index contributed by atoms with van der Waals surface area (Å²) in [5.74, 6) is 0.182. The molecule has 0 aliphatic heterocycles. The summed E-state index contributed by atoms with van der Waals surface area (Å²) in [6.45, 7) is 6.15. The Bertz CT molecular complexity index is 125. The third-order valence-electron chi connectivity index (χ3n) is 1.63. The second-order valence-electron chi connectivity index (χ2n) is 2.75. The normalized spacial score (nSPS) is 14.9. The number of aldehydes is 1. The van der Waals surface area contributed by atoms with Crippen LogP contribution in [0.5, 0.6) is 0 Å². The van der Waals surface area contributed by atoms with Crippen molar-refractivity contribution >= 4 is 6.29 Å². The summed E-state index contributed by atoms with van der Waals surface area (Å²) in [5, 5.41) is 0. The van der Waals surface area contributed by atoms with Gasteiger partial charge < -0.3 is 4.79 Å². The van der Waals surface area contributed by atoms with Gasteiger partial charge in [0.05, 0.1) is 0 Å². The maximum atomic E-state index is 10.2. The Kier molecular flexibility index (Phi) is 4.91. The second-order valence-corrected chi connectivity index (χ2v) is 2.75. The molecule has 0 aromatic heterocycles. The first-order chi connectivity index (χ1) is 4.70. The van der Waals surface area contributed by atoms with Crippen molar-refractivity contribution in [1.29, 1.82) is 0 Å². The fourth-order valence-corrected chi connectivity index (χ4v) is 0.587. The number of allylic oxidation sites excluding steroid dienone is 2. The van der Waals surface area contributed by atoms with Crippen LogP contribution < -0.4 is 0 Å². The molecule has 0 saturated heterocycles. The molecule has 0 aromatic carbocycles. The maximum Gasteiger partial charge on any atom is 0.123 e. The van der Waals surface area contributed by atoms with E-state index in [9.17, 15) is 4.79 Å². The van der Waals surface area contributed by atoms with Crippen molar-refractivity contribution in [1.82, 2.24) is 0 Å². The van der Waals surface area contributed by atoms with Crippen LogP contribution in [0.4, 0.5) is 0 Å². The molecular weight excluding hydrogens is 124 g/mol. The van der Waals surface area contributed by atoms with E-state index in [-0.39, 0.29) is 5.92 Å². The molecule has 0 radical (unpaired) electrons. The molecule has 0 aliphatic rings. The molecule has 1 nitrogen and oxygen atoms in total. The number of hydrogen-bond acceptors (Lipinski definition) is 1. The van der Waals surface area contributed by atoms with E-state index in [0.717, 1.165) is 19.1 Å². The Morgan fingerprint density at radius 2 is 2.20 bits per heavy atom. The van der Waals surface area contributed by atoms with E-state index in [2.05, 4.69) is 19.9 Å². The molecule has 0 fully saturated rings. The number of hydrogen-bond donors (Lipinski definition) is 0. The van der Waals surface area contributed by atoms with E-state index in [0.29, 0.717) is 0 Å². The summed E-state index contributed by atoms with van der Waals surface area (Å²) in [6, 6.07) is 0. The van der Waals surface area contributed by atoms with E-state index in [1.807, 2.05) is 6.92 Å². The SMILES string of the molecule is CC/C(C)=C/CC(C)C=O. The summed E-state index contributed by atoms with van der Waals surface area (Å²) in [6.07, 6.45) is 5.12. The van der Waals surface area contributed by atoms with Crippen molar-refractivity contribution in [3.8, 4) is 0 Å². The van der Waals surface area contributed by atoms with Gasteiger partial charge in [-0.15, -0.1) is 0 Å². The minimum absolute atomic E-state index is 0.182. The highest BCUT2D eigenvalue weighted by Crippen LogP contribution is 2.04. The topological polar surface area (TPSA) is 17.1 Å². The van der Waals surface area contributed by atoms with Crippen LogP contribution in [0, 0.1) is 5.92 Å². The lowest BCUT2D eigenvalue weighted by Crippen LogP contribution is -1.92. The Morgan fingerprint density at radius 1 is 1.60 bits per heavy atom. The lowest BCUT2D eigenvalue weighted by molar-refractivity contribution is -0.110. The molecule has 0 N–H and O–H groups in total. The minimum Gasteiger partial charge on any atom is -0.303 e. The molecule has 0 spiro atoms. The molecule has 0 aromatic rings. The van der Waals surface area contributed by atoms with Crippen molar-refractivity contribution in [2.45, 2.75) is 33.6 Å². The van der Waals surface area contributed by atoms with Gasteiger partial charge in [0, 0.05) is 5.92 Å². The molecule has 10 heavy (non-hydrogen) atoms. The van der Waals surface area contributed by atoms with E-state index in [4.69, 9.17) is 0 Å². The number of carbonyl (C=O) groups is 1. The molecule has 0 heterocycles. The standard InChI is InChI=1S/C9H16O/c1-4-8(2)5-6-9(3)7-10/h5,7,9H,4,6H2,1-3H3/b8-5+. The van der Waals surface area contributed by atoms with Crippen molar-refractivity contribution in [3.05, 3.63) is 11.6 Å². The molecule has 0 rings (SSSR count). The van der Waals surface area contributed by atoms with Crippen molar-refractivity contribution < 1.29 is 4.79 Å². The quantitative estimate of drug-likeness (QED) is 0.433. The third-order valence-corrected chi connectivity index (χ3v) is 1.63. The van der Waals surface area contributed by atoms with Crippen molar-refractivity contribution in [2.75, 3.05) is 0 Å². The summed E-state index contributed by atoms with van der Waals surface area (Å²) in [7, 11) is 0. The summed E-state index contributed by atoms with van der Waals surface area (Å²) >= 11 is 0. The smallest absolute Gasteiger partial charge is 0.123 e. The molecule has 58 valence electrons. The molecule has 0 aliphatic carbocycles. The first kappa shape index (κ1) is 9.41. The fraction of sp³-hybridized carbons (Fsp3) is 0.667. The monoisotopic (exact) mass is 140 g/mol. The van der Waals surface area contributed by atoms with Gasteiger partial charge in [-0.3, -0.25) is 0 Å². The molecule has 1 heteroatoms. The van der Waals surface area contributed by atoms with Gasteiger partial charge in [-0.1, -0.05) is 25.5 Å². The molecular formula is C9H16O. The van der Waals surface area contributed by atoms with E-state index in [1.165, 1.54) is 5.57 Å². The summed E-state index contributed by atoms with van der Waals surface area (Å²) in [4.78, 5) is 10.2. The van der Waals surface area contributed by atoms with Gasteiger partial charge in [-0.05, 0) is 19.8 Å². The third kappa shape index (κ3) is 4.30. The van der Waals surface area contributed by atoms with Crippen molar-refractivity contribution in [3.63, 3.8) is 0 Å². The zero-order valence-corrected chi connectivity index (χ0v) is 7.05. The van der Waals surface area contributed by atoms with Crippen LogP contribution in [0.15, 0.2) is 11.6 Å². The van der Waals surface area contributed by atoms with Crippen LogP contribution in [0.2, 0.25) is 0 Å². The van der Waals surface area contributed by atoms with Crippen LogP contribution in [0.3, 0.4) is 0 Å². The second kappa shape index (κ2) is 5.21. The molecule has 0 saturated carbocycles. The van der Waals surface area contributed by atoms with Crippen LogP contribution in [0.1, 0.15) is 33.6 Å². The first-order valence-corrected chi connectivity index (χ1v) is 3.81. The predicted octanol–water partition coefficient (Wildman–Crippen LogP) is 2.57. The minimum atomic E-state index is 0.182. The van der Waals surface area contributed by atoms with Gasteiger partial charge in [0.1, 0.15) is 6.29 Å². The van der Waals surface area contributed by atoms with E-state index in [1.54, 1.807) is 0 Å². The van der Waals surface area contributed by atoms with Gasteiger partial charge in [-0.2, -0.15) is 0 Å². The molecule has 0 amide bonds. The zero-order chi connectivity index (χ0) is 7.98. The Morgan fingerprint density at radius 3 is 2.60 bits per heavy atom. The lowest BCUT2D eigenvalue weighted by Gasteiger charge is -1.98. The Labute approximate surface area is 63.1 Å². The highest BCUT2D eigenvalue weighted by atomic mass is 16.1. The Hall–Kier alpha value is -0.590. The van der Waals surface area contributed by atoms with E-state index < -0.39 is 0 Å². The van der Waals surface area contributed by atoms with Gasteiger partial charge in [-0.25, -0.2) is 0 Å². The fourth-order valence-electron chi connectivity index (χ4n) is 0.587. The van der Waals surface area contributed by atoms with Crippen LogP contribution in [-0.2, 0) is 4.79 Å². The van der Waals surface area contributed by atoms with Gasteiger partial charge in [0.15, 0.2) is 0 Å². The van der Waals surface area contributed by atoms with E-state index >= 15 is 0 Å². The van der Waals surface area contributed by atoms with Crippen LogP contribution in [-0.4, -0.2) is 6.29 Å². The zero-order valence-electron chi connectivity index (χ0n) is 7.05. The van der Waals surface area contributed by atoms with Crippen molar-refractivity contribution in [2.24, 2.45) is 5.92 Å². The number of carbonyl (C=O) groups excluding carboxylic acids is 1. The number of rotatable bonds is 4. The molecule has 1 atom stereocenters.